The molecule has 2 N–H and O–H groups in total. The molecule has 0 aliphatic carbocycles. The Balaban J connectivity index is 1.79. The molecule has 3 nitrogen and oxygen atoms in total. The van der Waals surface area contributed by atoms with Gasteiger partial charge in [0.1, 0.15) is 11.6 Å². The van der Waals surface area contributed by atoms with E-state index >= 15 is 0 Å². The fourth-order valence-corrected chi connectivity index (χ4v) is 2.23. The number of carbonyl (C=O) groups is 1. The van der Waals surface area contributed by atoms with E-state index in [1.54, 1.807) is 24.4 Å². The Morgan fingerprint density at radius 2 is 1.95 bits per heavy atom. The van der Waals surface area contributed by atoms with Gasteiger partial charge in [-0.1, -0.05) is 12.1 Å². The first kappa shape index (κ1) is 13.3. The monoisotopic (exact) mass is 286 g/mol. The van der Waals surface area contributed by atoms with Crippen molar-refractivity contribution in [2.75, 3.05) is 5.32 Å². The minimum Gasteiger partial charge on any atom is -0.361 e. The molecule has 2 aromatic carbocycles. The maximum atomic E-state index is 13.5. The zero-order valence-corrected chi connectivity index (χ0v) is 11.0. The summed E-state index contributed by atoms with van der Waals surface area (Å²) in [4.78, 5) is 14.9. The van der Waals surface area contributed by atoms with Crippen LogP contribution in [0.5, 0.6) is 0 Å². The number of halogens is 2. The third-order valence-electron chi connectivity index (χ3n) is 3.23. The van der Waals surface area contributed by atoms with Crippen LogP contribution in [0.3, 0.4) is 0 Å². The highest BCUT2D eigenvalue weighted by Gasteiger charge is 2.11. The second-order valence-electron chi connectivity index (χ2n) is 4.71. The number of amides is 1. The number of carbonyl (C=O) groups excluding carboxylic acids is 1. The summed E-state index contributed by atoms with van der Waals surface area (Å²) >= 11 is 0. The molecule has 1 heterocycles. The first-order valence-corrected chi connectivity index (χ1v) is 6.43. The quantitative estimate of drug-likeness (QED) is 0.758. The van der Waals surface area contributed by atoms with Crippen LogP contribution in [-0.4, -0.2) is 10.9 Å². The van der Waals surface area contributed by atoms with Crippen LogP contribution < -0.4 is 5.32 Å². The fourth-order valence-electron chi connectivity index (χ4n) is 2.23. The summed E-state index contributed by atoms with van der Waals surface area (Å²) < 4.78 is 26.6. The first-order valence-electron chi connectivity index (χ1n) is 6.43. The molecule has 0 saturated heterocycles. The Morgan fingerprint density at radius 1 is 1.14 bits per heavy atom. The maximum Gasteiger partial charge on any atom is 0.228 e. The largest absolute Gasteiger partial charge is 0.361 e. The number of rotatable bonds is 3. The predicted octanol–water partition coefficient (Wildman–Crippen LogP) is 3.63. The number of nitrogens with one attached hydrogen (secondary N) is 2. The van der Waals surface area contributed by atoms with Crippen molar-refractivity contribution >= 4 is 22.5 Å². The van der Waals surface area contributed by atoms with Gasteiger partial charge in [0, 0.05) is 17.1 Å². The molecule has 0 radical (unpaired) electrons. The molecule has 0 atom stereocenters. The van der Waals surface area contributed by atoms with Crippen LogP contribution >= 0.6 is 0 Å². The van der Waals surface area contributed by atoms with Gasteiger partial charge in [-0.15, -0.1) is 0 Å². The fraction of sp³-hybridized carbons (Fsp3) is 0.0625. The van der Waals surface area contributed by atoms with Gasteiger partial charge in [0.15, 0.2) is 0 Å². The molecule has 0 aliphatic heterocycles. The van der Waals surface area contributed by atoms with E-state index in [1.807, 2.05) is 0 Å². The number of benzene rings is 2. The number of fused-ring (bicyclic) bond motifs is 1. The van der Waals surface area contributed by atoms with Gasteiger partial charge < -0.3 is 10.3 Å². The van der Waals surface area contributed by atoms with Crippen molar-refractivity contribution in [2.24, 2.45) is 0 Å². The van der Waals surface area contributed by atoms with Gasteiger partial charge in [0.05, 0.1) is 12.1 Å². The van der Waals surface area contributed by atoms with E-state index in [0.29, 0.717) is 5.52 Å². The molecule has 1 amide bonds. The molecule has 21 heavy (non-hydrogen) atoms. The van der Waals surface area contributed by atoms with Crippen molar-refractivity contribution in [3.05, 3.63) is 65.9 Å². The van der Waals surface area contributed by atoms with E-state index in [4.69, 9.17) is 0 Å². The van der Waals surface area contributed by atoms with Crippen LogP contribution in [0.4, 0.5) is 14.5 Å². The van der Waals surface area contributed by atoms with Crippen molar-refractivity contribution in [1.82, 2.24) is 4.98 Å². The lowest BCUT2D eigenvalue weighted by atomic mass is 10.1. The normalized spacial score (nSPS) is 10.8. The van der Waals surface area contributed by atoms with Crippen molar-refractivity contribution in [2.45, 2.75) is 6.42 Å². The third-order valence-corrected chi connectivity index (χ3v) is 3.23. The van der Waals surface area contributed by atoms with E-state index in [1.165, 1.54) is 24.3 Å². The summed E-state index contributed by atoms with van der Waals surface area (Å²) in [6.45, 7) is 0. The molecule has 106 valence electrons. The van der Waals surface area contributed by atoms with E-state index in [-0.39, 0.29) is 23.8 Å². The number of aromatic amines is 1. The number of H-pyrrole nitrogens is 1. The molecule has 0 spiro atoms. The molecule has 0 unspecified atom stereocenters. The number of hydrogen-bond donors (Lipinski definition) is 2. The summed E-state index contributed by atoms with van der Waals surface area (Å²) in [5.41, 5.74) is 1.51. The van der Waals surface area contributed by atoms with Crippen LogP contribution in [0.2, 0.25) is 0 Å². The zero-order chi connectivity index (χ0) is 14.8. The molecule has 5 heteroatoms. The van der Waals surface area contributed by atoms with Gasteiger partial charge in [-0.05, 0) is 35.9 Å². The summed E-state index contributed by atoms with van der Waals surface area (Å²) in [5, 5.41) is 3.30. The lowest BCUT2D eigenvalue weighted by Crippen LogP contribution is -2.15. The standard InChI is InChI=1S/C16H12F2N2O/c17-11-5-6-12-10(9-19-15(12)8-11)7-16(21)20-14-4-2-1-3-13(14)18/h1-6,8-9,19H,7H2,(H,20,21). The smallest absolute Gasteiger partial charge is 0.228 e. The van der Waals surface area contributed by atoms with Crippen molar-refractivity contribution in [1.29, 1.82) is 0 Å². The topological polar surface area (TPSA) is 44.9 Å². The van der Waals surface area contributed by atoms with Gasteiger partial charge in [-0.2, -0.15) is 0 Å². The second-order valence-corrected chi connectivity index (χ2v) is 4.71. The third kappa shape index (κ3) is 2.76. The highest BCUT2D eigenvalue weighted by Crippen LogP contribution is 2.20. The minimum absolute atomic E-state index is 0.0833. The van der Waals surface area contributed by atoms with Crippen molar-refractivity contribution in [3.8, 4) is 0 Å². The molecule has 1 aromatic heterocycles. The Morgan fingerprint density at radius 3 is 2.76 bits per heavy atom. The van der Waals surface area contributed by atoms with Crippen LogP contribution in [0.25, 0.3) is 10.9 Å². The minimum atomic E-state index is -0.480. The Labute approximate surface area is 119 Å². The lowest BCUT2D eigenvalue weighted by Gasteiger charge is -2.05. The van der Waals surface area contributed by atoms with Crippen LogP contribution in [0, 0.1) is 11.6 Å². The van der Waals surface area contributed by atoms with E-state index in [2.05, 4.69) is 10.3 Å². The van der Waals surface area contributed by atoms with Gasteiger partial charge in [0.25, 0.3) is 0 Å². The lowest BCUT2D eigenvalue weighted by molar-refractivity contribution is -0.115. The molecular formula is C16H12F2N2O. The Bertz CT molecular complexity index is 811. The van der Waals surface area contributed by atoms with E-state index < -0.39 is 5.82 Å². The average molecular weight is 286 g/mol. The molecule has 3 aromatic rings. The Kier molecular flexibility index (Phi) is 3.39. The van der Waals surface area contributed by atoms with Crippen molar-refractivity contribution < 1.29 is 13.6 Å². The SMILES string of the molecule is O=C(Cc1c[nH]c2cc(F)ccc12)Nc1ccccc1F. The summed E-state index contributed by atoms with van der Waals surface area (Å²) in [6, 6.07) is 10.3. The zero-order valence-electron chi connectivity index (χ0n) is 11.0. The highest BCUT2D eigenvalue weighted by atomic mass is 19.1. The number of aromatic nitrogens is 1. The first-order chi connectivity index (χ1) is 10.1. The van der Waals surface area contributed by atoms with Gasteiger partial charge in [-0.3, -0.25) is 4.79 Å². The molecule has 0 saturated carbocycles. The molecule has 0 fully saturated rings. The molecule has 0 bridgehead atoms. The second kappa shape index (κ2) is 5.36. The molecule has 0 aliphatic rings. The maximum absolute atomic E-state index is 13.5. The number of anilines is 1. The molecular weight excluding hydrogens is 274 g/mol. The predicted molar refractivity (Wildman–Crippen MR) is 77.0 cm³/mol. The van der Waals surface area contributed by atoms with Gasteiger partial charge in [-0.25, -0.2) is 8.78 Å². The van der Waals surface area contributed by atoms with E-state index in [9.17, 15) is 13.6 Å². The highest BCUT2D eigenvalue weighted by molar-refractivity contribution is 5.95. The Hall–Kier alpha value is -2.69. The summed E-state index contributed by atoms with van der Waals surface area (Å²) in [5.74, 6) is -1.15. The average Bonchev–Trinajstić information content (AvgIpc) is 2.83. The number of hydrogen-bond acceptors (Lipinski definition) is 1. The van der Waals surface area contributed by atoms with Crippen LogP contribution in [0.15, 0.2) is 48.7 Å². The van der Waals surface area contributed by atoms with Crippen molar-refractivity contribution in [3.63, 3.8) is 0 Å². The van der Waals surface area contributed by atoms with Crippen LogP contribution in [0.1, 0.15) is 5.56 Å². The van der Waals surface area contributed by atoms with Crippen LogP contribution in [-0.2, 0) is 11.2 Å². The summed E-state index contributed by atoms with van der Waals surface area (Å²) in [6.07, 6.45) is 1.74. The summed E-state index contributed by atoms with van der Waals surface area (Å²) in [7, 11) is 0. The van der Waals surface area contributed by atoms with Gasteiger partial charge in [0.2, 0.25) is 5.91 Å². The van der Waals surface area contributed by atoms with E-state index in [0.717, 1.165) is 10.9 Å². The number of para-hydroxylation sites is 1. The molecule has 3 rings (SSSR count). The van der Waals surface area contributed by atoms with Gasteiger partial charge >= 0.3 is 0 Å².